The molecule has 28 heavy (non-hydrogen) atoms. The molecule has 1 N–H and O–H groups in total. The number of hydrogen-bond donors (Lipinski definition) is 1. The van der Waals surface area contributed by atoms with Crippen LogP contribution in [-0.2, 0) is 21.4 Å². The lowest BCUT2D eigenvalue weighted by Gasteiger charge is -2.60. The third-order valence-electron chi connectivity index (χ3n) is 8.18. The van der Waals surface area contributed by atoms with E-state index in [2.05, 4.69) is 11.0 Å². The van der Waals surface area contributed by atoms with E-state index in [-0.39, 0.29) is 23.1 Å². The fourth-order valence-corrected chi connectivity index (χ4v) is 6.57. The van der Waals surface area contributed by atoms with Crippen LogP contribution >= 0.6 is 0 Å². The molecule has 0 radical (unpaired) electrons. The van der Waals surface area contributed by atoms with Crippen LogP contribution in [0.4, 0.5) is 0 Å². The number of Topliss-reactive ketones (excluding diaryl/α,β-unsaturated/α-hetero) is 1. The Hall–Kier alpha value is -1.59. The second-order valence-electron chi connectivity index (χ2n) is 9.33. The molecule has 3 fully saturated rings. The largest absolute Gasteiger partial charge is 0.504 e. The van der Waals surface area contributed by atoms with E-state index in [1.54, 1.807) is 14.2 Å². The Labute approximate surface area is 167 Å². The van der Waals surface area contributed by atoms with E-state index in [1.807, 2.05) is 6.07 Å². The predicted molar refractivity (Wildman–Crippen MR) is 106 cm³/mol. The highest BCUT2D eigenvalue weighted by molar-refractivity contribution is 5.86. The molecule has 4 aliphatic rings. The van der Waals surface area contributed by atoms with Crippen LogP contribution < -0.4 is 4.74 Å². The van der Waals surface area contributed by atoms with Crippen molar-refractivity contribution in [1.82, 2.24) is 4.90 Å². The van der Waals surface area contributed by atoms with Crippen molar-refractivity contribution >= 4 is 5.78 Å². The van der Waals surface area contributed by atoms with Gasteiger partial charge in [-0.2, -0.15) is 0 Å². The van der Waals surface area contributed by atoms with Crippen LogP contribution in [0.25, 0.3) is 0 Å². The van der Waals surface area contributed by atoms with Crippen molar-refractivity contribution in [3.05, 3.63) is 23.3 Å². The lowest BCUT2D eigenvalue weighted by atomic mass is 9.51. The van der Waals surface area contributed by atoms with Gasteiger partial charge >= 0.3 is 0 Å². The van der Waals surface area contributed by atoms with Crippen LogP contribution in [-0.4, -0.2) is 55.2 Å². The van der Waals surface area contributed by atoms with E-state index in [1.165, 1.54) is 31.4 Å². The summed E-state index contributed by atoms with van der Waals surface area (Å²) in [5, 5.41) is 11.1. The van der Waals surface area contributed by atoms with E-state index in [0.29, 0.717) is 24.1 Å². The quantitative estimate of drug-likeness (QED) is 0.863. The van der Waals surface area contributed by atoms with Gasteiger partial charge in [0, 0.05) is 37.1 Å². The molecule has 0 amide bonds. The molecule has 5 heteroatoms. The molecular weight excluding hydrogens is 354 g/mol. The number of benzene rings is 1. The van der Waals surface area contributed by atoms with Gasteiger partial charge in [0.2, 0.25) is 0 Å². The van der Waals surface area contributed by atoms with E-state index in [4.69, 9.17) is 9.47 Å². The van der Waals surface area contributed by atoms with Crippen molar-refractivity contribution in [3.63, 3.8) is 0 Å². The number of phenols is 1. The highest BCUT2D eigenvalue weighted by Gasteiger charge is 2.59. The summed E-state index contributed by atoms with van der Waals surface area (Å²) in [6, 6.07) is 4.42. The molecule has 0 aromatic heterocycles. The Morgan fingerprint density at radius 2 is 2.11 bits per heavy atom. The summed E-state index contributed by atoms with van der Waals surface area (Å²) in [6.45, 7) is 2.19. The van der Waals surface area contributed by atoms with Gasteiger partial charge in [0.1, 0.15) is 6.10 Å². The molecule has 1 aromatic rings. The summed E-state index contributed by atoms with van der Waals surface area (Å²) >= 11 is 0. The van der Waals surface area contributed by atoms with Gasteiger partial charge in [-0.05, 0) is 62.1 Å². The number of hydrogen-bond acceptors (Lipinski definition) is 5. The number of phenolic OH excluding ortho intramolecular Hbond substituents is 1. The van der Waals surface area contributed by atoms with Crippen LogP contribution in [0.15, 0.2) is 12.1 Å². The summed E-state index contributed by atoms with van der Waals surface area (Å²) < 4.78 is 11.0. The first-order chi connectivity index (χ1) is 13.6. The Kier molecular flexibility index (Phi) is 4.44. The number of likely N-dealkylation sites (tertiary alicyclic amines) is 1. The van der Waals surface area contributed by atoms with Gasteiger partial charge in [-0.15, -0.1) is 0 Å². The van der Waals surface area contributed by atoms with Crippen LogP contribution in [0.3, 0.4) is 0 Å². The molecule has 5 nitrogen and oxygen atoms in total. The monoisotopic (exact) mass is 385 g/mol. The zero-order valence-corrected chi connectivity index (χ0v) is 16.9. The van der Waals surface area contributed by atoms with Gasteiger partial charge in [-0.3, -0.25) is 9.69 Å². The topological polar surface area (TPSA) is 59.0 Å². The number of fused-ring (bicyclic) bond motifs is 1. The number of nitrogens with zero attached hydrogens (tertiary/aromatic N) is 1. The smallest absolute Gasteiger partial charge is 0.162 e. The molecule has 1 heterocycles. The number of aromatic hydroxyl groups is 1. The lowest BCUT2D eigenvalue weighted by molar-refractivity contribution is -0.142. The molecule has 4 atom stereocenters. The number of piperidine rings is 1. The van der Waals surface area contributed by atoms with Crippen LogP contribution in [0.1, 0.15) is 49.7 Å². The Morgan fingerprint density at radius 1 is 1.29 bits per heavy atom. The maximum Gasteiger partial charge on any atom is 0.162 e. The van der Waals surface area contributed by atoms with Crippen molar-refractivity contribution in [2.75, 3.05) is 27.3 Å². The molecule has 0 spiro atoms. The van der Waals surface area contributed by atoms with E-state index < -0.39 is 0 Å². The van der Waals surface area contributed by atoms with Crippen molar-refractivity contribution in [1.29, 1.82) is 0 Å². The molecule has 5 rings (SSSR count). The summed E-state index contributed by atoms with van der Waals surface area (Å²) in [4.78, 5) is 15.6. The minimum Gasteiger partial charge on any atom is -0.504 e. The van der Waals surface area contributed by atoms with Crippen molar-refractivity contribution in [2.24, 2.45) is 11.8 Å². The summed E-state index contributed by atoms with van der Waals surface area (Å²) in [5.74, 6) is 2.12. The molecule has 2 saturated carbocycles. The van der Waals surface area contributed by atoms with Gasteiger partial charge in [-0.25, -0.2) is 0 Å². The van der Waals surface area contributed by atoms with E-state index in [0.717, 1.165) is 37.3 Å². The second kappa shape index (κ2) is 6.74. The van der Waals surface area contributed by atoms with Crippen LogP contribution in [0, 0.1) is 11.8 Å². The SMILES string of the molecule is COc1ccc2c(c1O)[C@@]13CCN(CC4CCC4)C(C2)[C@H]1CC(OC)C(=O)C3. The summed E-state index contributed by atoms with van der Waals surface area (Å²) in [7, 11) is 3.25. The summed E-state index contributed by atoms with van der Waals surface area (Å²) in [6.07, 6.45) is 6.87. The predicted octanol–water partition coefficient (Wildman–Crippen LogP) is 3.06. The minimum absolute atomic E-state index is 0.181. The highest BCUT2D eigenvalue weighted by atomic mass is 16.5. The van der Waals surface area contributed by atoms with Gasteiger partial charge in [0.25, 0.3) is 0 Å². The van der Waals surface area contributed by atoms with Crippen molar-refractivity contribution in [3.8, 4) is 11.5 Å². The third kappa shape index (κ3) is 2.55. The maximum atomic E-state index is 12.9. The molecule has 3 aliphatic carbocycles. The molecule has 2 unspecified atom stereocenters. The number of methoxy groups -OCH3 is 2. The average Bonchev–Trinajstić information content (AvgIpc) is 2.65. The lowest BCUT2D eigenvalue weighted by Crippen LogP contribution is -2.64. The van der Waals surface area contributed by atoms with Gasteiger partial charge in [-0.1, -0.05) is 12.5 Å². The first-order valence-corrected chi connectivity index (χ1v) is 10.8. The highest BCUT2D eigenvalue weighted by Crippen LogP contribution is 2.59. The first kappa shape index (κ1) is 18.4. The Bertz CT molecular complexity index is 789. The molecule has 152 valence electrons. The van der Waals surface area contributed by atoms with Gasteiger partial charge < -0.3 is 14.6 Å². The maximum absolute atomic E-state index is 12.9. The number of ether oxygens (including phenoxy) is 2. The van der Waals surface area contributed by atoms with Crippen molar-refractivity contribution < 1.29 is 19.4 Å². The molecular formula is C23H31NO4. The van der Waals surface area contributed by atoms with E-state index in [9.17, 15) is 9.90 Å². The summed E-state index contributed by atoms with van der Waals surface area (Å²) in [5.41, 5.74) is 1.90. The Balaban J connectivity index is 1.59. The minimum atomic E-state index is -0.307. The fraction of sp³-hybridized carbons (Fsp3) is 0.696. The third-order valence-corrected chi connectivity index (χ3v) is 8.18. The first-order valence-electron chi connectivity index (χ1n) is 10.8. The van der Waals surface area contributed by atoms with E-state index >= 15 is 0 Å². The molecule has 2 bridgehead atoms. The standard InChI is InChI=1S/C23H31NO4/c1-27-19-7-6-15-10-17-16-11-20(28-2)18(25)12-23(16,21(15)22(19)26)8-9-24(17)13-14-4-3-5-14/h6-7,14,16-17,20,26H,3-5,8-13H2,1-2H3/t16-,17?,20?,23-/m1/s1. The van der Waals surface area contributed by atoms with Gasteiger partial charge in [0.15, 0.2) is 17.3 Å². The number of ketones is 1. The number of carbonyl (C=O) groups excluding carboxylic acids is 1. The molecule has 1 saturated heterocycles. The number of rotatable bonds is 4. The van der Waals surface area contributed by atoms with Crippen LogP contribution in [0.5, 0.6) is 11.5 Å². The Morgan fingerprint density at radius 3 is 2.79 bits per heavy atom. The zero-order valence-electron chi connectivity index (χ0n) is 16.9. The van der Waals surface area contributed by atoms with Gasteiger partial charge in [0.05, 0.1) is 7.11 Å². The number of carbonyl (C=O) groups is 1. The van der Waals surface area contributed by atoms with Crippen LogP contribution in [0.2, 0.25) is 0 Å². The molecule has 1 aromatic carbocycles. The second-order valence-corrected chi connectivity index (χ2v) is 9.33. The average molecular weight is 386 g/mol. The fourth-order valence-electron chi connectivity index (χ4n) is 6.57. The normalized spacial score (nSPS) is 35.1. The van der Waals surface area contributed by atoms with Crippen molar-refractivity contribution in [2.45, 2.75) is 62.5 Å². The zero-order chi connectivity index (χ0) is 19.5. The molecule has 1 aliphatic heterocycles.